The summed E-state index contributed by atoms with van der Waals surface area (Å²) in [6.45, 7) is 2.01. The minimum Gasteiger partial charge on any atom is -0.468 e. The van der Waals surface area contributed by atoms with Gasteiger partial charge in [-0.15, -0.1) is 0 Å². The maximum atomic E-state index is 12.7. The standard InChI is InChI=1S/C18H17NO2/c1-18-12-13(15-9-5-6-10-16(15)21-18)11-17(20)19(18)14-7-3-2-4-8-14/h2-10,13H,11-12H2,1H3. The molecule has 0 spiro atoms. The van der Waals surface area contributed by atoms with E-state index in [1.807, 2.05) is 60.4 Å². The Balaban J connectivity index is 1.82. The number of carbonyl (C=O) groups is 1. The van der Waals surface area contributed by atoms with Crippen LogP contribution in [0.2, 0.25) is 0 Å². The number of anilines is 1. The summed E-state index contributed by atoms with van der Waals surface area (Å²) in [5, 5.41) is 0. The molecule has 0 N–H and O–H groups in total. The fraction of sp³-hybridized carbons (Fsp3) is 0.278. The minimum absolute atomic E-state index is 0.134. The molecular weight excluding hydrogens is 262 g/mol. The highest BCUT2D eigenvalue weighted by Crippen LogP contribution is 2.48. The maximum Gasteiger partial charge on any atom is 0.230 e. The van der Waals surface area contributed by atoms with E-state index in [0.717, 1.165) is 23.4 Å². The lowest BCUT2D eigenvalue weighted by atomic mass is 9.80. The zero-order valence-corrected chi connectivity index (χ0v) is 12.0. The Morgan fingerprint density at radius 3 is 2.62 bits per heavy atom. The molecule has 4 rings (SSSR count). The molecule has 2 atom stereocenters. The molecule has 2 aliphatic heterocycles. The molecule has 0 aromatic heterocycles. The Bertz CT molecular complexity index is 697. The molecular formula is C18H17NO2. The van der Waals surface area contributed by atoms with Crippen LogP contribution in [-0.4, -0.2) is 11.6 Å². The highest BCUT2D eigenvalue weighted by atomic mass is 16.5. The summed E-state index contributed by atoms with van der Waals surface area (Å²) >= 11 is 0. The van der Waals surface area contributed by atoms with Gasteiger partial charge in [-0.2, -0.15) is 0 Å². The van der Waals surface area contributed by atoms with E-state index >= 15 is 0 Å². The zero-order valence-electron chi connectivity index (χ0n) is 12.0. The van der Waals surface area contributed by atoms with Gasteiger partial charge < -0.3 is 4.74 Å². The first-order valence-electron chi connectivity index (χ1n) is 7.33. The molecule has 2 heterocycles. The average molecular weight is 279 g/mol. The fourth-order valence-electron chi connectivity index (χ4n) is 3.64. The van der Waals surface area contributed by atoms with Gasteiger partial charge >= 0.3 is 0 Å². The minimum atomic E-state index is -0.601. The SMILES string of the molecule is CC12CC(CC(=O)N1c1ccccc1)c1ccccc1O2. The summed E-state index contributed by atoms with van der Waals surface area (Å²) in [6.07, 6.45) is 1.38. The second-order valence-electron chi connectivity index (χ2n) is 5.98. The first kappa shape index (κ1) is 12.5. The lowest BCUT2D eigenvalue weighted by Gasteiger charge is -2.50. The van der Waals surface area contributed by atoms with Gasteiger partial charge in [-0.05, 0) is 30.7 Å². The van der Waals surface area contributed by atoms with Crippen molar-refractivity contribution < 1.29 is 9.53 Å². The Morgan fingerprint density at radius 2 is 1.81 bits per heavy atom. The van der Waals surface area contributed by atoms with Crippen LogP contribution >= 0.6 is 0 Å². The summed E-state index contributed by atoms with van der Waals surface area (Å²) in [5.74, 6) is 1.30. The van der Waals surface area contributed by atoms with E-state index in [9.17, 15) is 4.79 Å². The van der Waals surface area contributed by atoms with Crippen molar-refractivity contribution in [3.05, 3.63) is 60.2 Å². The molecule has 2 aromatic rings. The summed E-state index contributed by atoms with van der Waals surface area (Å²) in [6, 6.07) is 17.9. The molecule has 106 valence electrons. The Labute approximate surface area is 124 Å². The highest BCUT2D eigenvalue weighted by Gasteiger charge is 2.49. The summed E-state index contributed by atoms with van der Waals surface area (Å²) in [7, 11) is 0. The number of para-hydroxylation sites is 2. The van der Waals surface area contributed by atoms with Crippen LogP contribution in [0.25, 0.3) is 0 Å². The predicted molar refractivity (Wildman–Crippen MR) is 81.4 cm³/mol. The van der Waals surface area contributed by atoms with Crippen molar-refractivity contribution in [1.82, 2.24) is 0 Å². The van der Waals surface area contributed by atoms with Crippen molar-refractivity contribution in [2.24, 2.45) is 0 Å². The topological polar surface area (TPSA) is 29.5 Å². The van der Waals surface area contributed by atoms with Crippen LogP contribution in [0, 0.1) is 0 Å². The van der Waals surface area contributed by atoms with E-state index in [4.69, 9.17) is 4.74 Å². The fourth-order valence-corrected chi connectivity index (χ4v) is 3.64. The smallest absolute Gasteiger partial charge is 0.230 e. The van der Waals surface area contributed by atoms with E-state index in [0.29, 0.717) is 6.42 Å². The molecule has 3 heteroatoms. The molecule has 1 saturated heterocycles. The van der Waals surface area contributed by atoms with Gasteiger partial charge in [-0.3, -0.25) is 9.69 Å². The number of fused-ring (bicyclic) bond motifs is 4. The molecule has 2 aliphatic rings. The second-order valence-corrected chi connectivity index (χ2v) is 5.98. The highest BCUT2D eigenvalue weighted by molar-refractivity contribution is 5.96. The quantitative estimate of drug-likeness (QED) is 0.796. The first-order chi connectivity index (χ1) is 10.2. The van der Waals surface area contributed by atoms with Gasteiger partial charge in [0.25, 0.3) is 0 Å². The van der Waals surface area contributed by atoms with Crippen molar-refractivity contribution in [3.63, 3.8) is 0 Å². The van der Waals surface area contributed by atoms with Gasteiger partial charge in [0.05, 0.1) is 0 Å². The molecule has 2 unspecified atom stereocenters. The number of hydrogen-bond donors (Lipinski definition) is 0. The van der Waals surface area contributed by atoms with Crippen molar-refractivity contribution >= 4 is 11.6 Å². The van der Waals surface area contributed by atoms with Crippen LogP contribution in [0.15, 0.2) is 54.6 Å². The van der Waals surface area contributed by atoms with E-state index in [-0.39, 0.29) is 11.8 Å². The monoisotopic (exact) mass is 279 g/mol. The molecule has 21 heavy (non-hydrogen) atoms. The number of hydrogen-bond acceptors (Lipinski definition) is 2. The van der Waals surface area contributed by atoms with E-state index in [1.54, 1.807) is 0 Å². The molecule has 2 aromatic carbocycles. The lowest BCUT2D eigenvalue weighted by molar-refractivity contribution is -0.127. The van der Waals surface area contributed by atoms with Gasteiger partial charge in [0.1, 0.15) is 5.75 Å². The molecule has 0 radical (unpaired) electrons. The third-order valence-electron chi connectivity index (χ3n) is 4.47. The van der Waals surface area contributed by atoms with Gasteiger partial charge in [-0.25, -0.2) is 0 Å². The first-order valence-corrected chi connectivity index (χ1v) is 7.33. The number of benzene rings is 2. The van der Waals surface area contributed by atoms with E-state index in [2.05, 4.69) is 6.07 Å². The van der Waals surface area contributed by atoms with Gasteiger partial charge in [-0.1, -0.05) is 36.4 Å². The second kappa shape index (κ2) is 4.35. The number of piperidine rings is 1. The third-order valence-corrected chi connectivity index (χ3v) is 4.47. The lowest BCUT2D eigenvalue weighted by Crippen LogP contribution is -2.60. The molecule has 1 fully saturated rings. The van der Waals surface area contributed by atoms with Crippen molar-refractivity contribution in [2.75, 3.05) is 4.90 Å². The summed E-state index contributed by atoms with van der Waals surface area (Å²) < 4.78 is 6.23. The van der Waals surface area contributed by atoms with Crippen LogP contribution in [0.3, 0.4) is 0 Å². The van der Waals surface area contributed by atoms with Crippen LogP contribution in [0.4, 0.5) is 5.69 Å². The number of nitrogens with zero attached hydrogens (tertiary/aromatic N) is 1. The molecule has 2 bridgehead atoms. The van der Waals surface area contributed by atoms with Crippen molar-refractivity contribution in [2.45, 2.75) is 31.4 Å². The number of amides is 1. The van der Waals surface area contributed by atoms with Crippen LogP contribution in [0.1, 0.15) is 31.2 Å². The number of rotatable bonds is 1. The average Bonchev–Trinajstić information content (AvgIpc) is 2.47. The molecule has 0 aliphatic carbocycles. The maximum absolute atomic E-state index is 12.7. The van der Waals surface area contributed by atoms with Crippen molar-refractivity contribution in [1.29, 1.82) is 0 Å². The van der Waals surface area contributed by atoms with Gasteiger partial charge in [0, 0.05) is 24.4 Å². The summed E-state index contributed by atoms with van der Waals surface area (Å²) in [4.78, 5) is 14.5. The van der Waals surface area contributed by atoms with Crippen LogP contribution < -0.4 is 9.64 Å². The third kappa shape index (κ3) is 1.84. The van der Waals surface area contributed by atoms with Crippen LogP contribution in [0.5, 0.6) is 5.75 Å². The Morgan fingerprint density at radius 1 is 1.10 bits per heavy atom. The van der Waals surface area contributed by atoms with E-state index < -0.39 is 5.72 Å². The zero-order chi connectivity index (χ0) is 14.4. The number of ether oxygens (including phenoxy) is 1. The van der Waals surface area contributed by atoms with E-state index in [1.165, 1.54) is 0 Å². The van der Waals surface area contributed by atoms with Crippen molar-refractivity contribution in [3.8, 4) is 5.75 Å². The number of carbonyl (C=O) groups excluding carboxylic acids is 1. The normalized spacial score (nSPS) is 27.0. The van der Waals surface area contributed by atoms with Gasteiger partial charge in [0.15, 0.2) is 5.72 Å². The largest absolute Gasteiger partial charge is 0.468 e. The Hall–Kier alpha value is -2.29. The molecule has 3 nitrogen and oxygen atoms in total. The van der Waals surface area contributed by atoms with Gasteiger partial charge in [0.2, 0.25) is 5.91 Å². The Kier molecular flexibility index (Phi) is 2.58. The molecule has 0 saturated carbocycles. The summed E-state index contributed by atoms with van der Waals surface area (Å²) in [5.41, 5.74) is 1.47. The predicted octanol–water partition coefficient (Wildman–Crippen LogP) is 3.71. The van der Waals surface area contributed by atoms with Crippen LogP contribution in [-0.2, 0) is 4.79 Å². The molecule has 1 amide bonds.